The Hall–Kier alpha value is -1.75. The maximum atomic E-state index is 11.9. The quantitative estimate of drug-likeness (QED) is 0.680. The molecule has 0 N–H and O–H groups in total. The Labute approximate surface area is 171 Å². The second-order valence-corrected chi connectivity index (χ2v) is 7.37. The van der Waals surface area contributed by atoms with Gasteiger partial charge in [-0.15, -0.1) is 12.4 Å². The van der Waals surface area contributed by atoms with Gasteiger partial charge in [0.1, 0.15) is 6.10 Å². The Morgan fingerprint density at radius 2 is 1.81 bits per heavy atom. The molecule has 0 spiro atoms. The van der Waals surface area contributed by atoms with Gasteiger partial charge in [-0.3, -0.25) is 4.90 Å². The molecule has 1 atom stereocenters. The summed E-state index contributed by atoms with van der Waals surface area (Å²) in [6.07, 6.45) is 1.84. The summed E-state index contributed by atoms with van der Waals surface area (Å²) in [6, 6.07) is 15.8. The number of esters is 1. The summed E-state index contributed by atoms with van der Waals surface area (Å²) in [5.74, 6) is -0.180. The van der Waals surface area contributed by atoms with E-state index in [2.05, 4.69) is 15.9 Å². The SMILES string of the molecule is Cl.O=C1OC(CCCN2CCN(c3cccc(Cl)c3)CC2)c2ccccc21. The largest absolute Gasteiger partial charge is 0.454 e. The second-order valence-electron chi connectivity index (χ2n) is 6.93. The number of hydrogen-bond donors (Lipinski definition) is 0. The number of anilines is 1. The van der Waals surface area contributed by atoms with Crippen LogP contribution in [0.25, 0.3) is 0 Å². The zero-order chi connectivity index (χ0) is 17.9. The molecule has 0 aromatic heterocycles. The van der Waals surface area contributed by atoms with Gasteiger partial charge >= 0.3 is 5.97 Å². The Balaban J connectivity index is 0.00000210. The molecule has 1 unspecified atom stereocenters. The van der Waals surface area contributed by atoms with Gasteiger partial charge in [0.25, 0.3) is 0 Å². The molecular formula is C21H24Cl2N2O2. The van der Waals surface area contributed by atoms with Crippen molar-refractivity contribution in [1.82, 2.24) is 4.90 Å². The fourth-order valence-electron chi connectivity index (χ4n) is 3.84. The highest BCUT2D eigenvalue weighted by Gasteiger charge is 2.30. The van der Waals surface area contributed by atoms with Crippen molar-refractivity contribution < 1.29 is 9.53 Å². The van der Waals surface area contributed by atoms with E-state index in [1.807, 2.05) is 42.5 Å². The third kappa shape index (κ3) is 4.57. The van der Waals surface area contributed by atoms with Crippen LogP contribution in [0.4, 0.5) is 5.69 Å². The van der Waals surface area contributed by atoms with Crippen LogP contribution in [0.1, 0.15) is 34.9 Å². The molecule has 1 fully saturated rings. The van der Waals surface area contributed by atoms with Crippen molar-refractivity contribution in [2.75, 3.05) is 37.6 Å². The number of benzene rings is 2. The van der Waals surface area contributed by atoms with Crippen molar-refractivity contribution in [2.24, 2.45) is 0 Å². The van der Waals surface area contributed by atoms with Gasteiger partial charge in [-0.1, -0.05) is 35.9 Å². The molecule has 1 saturated heterocycles. The van der Waals surface area contributed by atoms with Crippen molar-refractivity contribution >= 4 is 35.7 Å². The molecule has 0 bridgehead atoms. The summed E-state index contributed by atoms with van der Waals surface area (Å²) >= 11 is 6.10. The highest BCUT2D eigenvalue weighted by atomic mass is 35.5. The number of piperazine rings is 1. The first kappa shape index (κ1) is 20.0. The molecule has 0 radical (unpaired) electrons. The number of cyclic esters (lactones) is 1. The molecule has 0 aliphatic carbocycles. The van der Waals surface area contributed by atoms with E-state index in [0.29, 0.717) is 0 Å². The summed E-state index contributed by atoms with van der Waals surface area (Å²) < 4.78 is 5.53. The second kappa shape index (κ2) is 8.96. The van der Waals surface area contributed by atoms with Crippen LogP contribution in [-0.4, -0.2) is 43.6 Å². The summed E-state index contributed by atoms with van der Waals surface area (Å²) in [5, 5.41) is 0.788. The van der Waals surface area contributed by atoms with Gasteiger partial charge < -0.3 is 9.64 Å². The van der Waals surface area contributed by atoms with E-state index in [4.69, 9.17) is 16.3 Å². The molecule has 2 aliphatic rings. The van der Waals surface area contributed by atoms with E-state index >= 15 is 0 Å². The van der Waals surface area contributed by atoms with Crippen LogP contribution in [0.5, 0.6) is 0 Å². The fraction of sp³-hybridized carbons (Fsp3) is 0.381. The van der Waals surface area contributed by atoms with Crippen molar-refractivity contribution in [3.63, 3.8) is 0 Å². The molecule has 2 heterocycles. The number of carbonyl (C=O) groups is 1. The lowest BCUT2D eigenvalue weighted by Gasteiger charge is -2.36. The van der Waals surface area contributed by atoms with Crippen molar-refractivity contribution in [2.45, 2.75) is 18.9 Å². The number of fused-ring (bicyclic) bond motifs is 1. The van der Waals surface area contributed by atoms with E-state index in [0.717, 1.165) is 61.7 Å². The standard InChI is InChI=1S/C21H23ClN2O2.ClH/c22-16-5-3-6-17(15-16)24-13-11-23(12-14-24)10-4-9-20-18-7-1-2-8-19(18)21(25)26-20;/h1-3,5-8,15,20H,4,9-14H2;1H. The predicted octanol–water partition coefficient (Wildman–Crippen LogP) is 4.58. The van der Waals surface area contributed by atoms with Crippen LogP contribution in [0.3, 0.4) is 0 Å². The molecule has 2 aromatic rings. The van der Waals surface area contributed by atoms with E-state index < -0.39 is 0 Å². The zero-order valence-electron chi connectivity index (χ0n) is 15.1. The average molecular weight is 407 g/mol. The van der Waals surface area contributed by atoms with E-state index in [9.17, 15) is 4.79 Å². The van der Waals surface area contributed by atoms with Crippen molar-refractivity contribution in [3.05, 3.63) is 64.7 Å². The third-order valence-electron chi connectivity index (χ3n) is 5.26. The Kier molecular flexibility index (Phi) is 6.64. The maximum absolute atomic E-state index is 11.9. The topological polar surface area (TPSA) is 32.8 Å². The normalized spacial score (nSPS) is 19.4. The maximum Gasteiger partial charge on any atom is 0.339 e. The molecule has 0 amide bonds. The van der Waals surface area contributed by atoms with E-state index in [-0.39, 0.29) is 24.5 Å². The van der Waals surface area contributed by atoms with Crippen LogP contribution >= 0.6 is 24.0 Å². The molecule has 6 heteroatoms. The first-order chi connectivity index (χ1) is 12.7. The number of nitrogens with zero attached hydrogens (tertiary/aromatic N) is 2. The van der Waals surface area contributed by atoms with Gasteiger partial charge in [0, 0.05) is 42.5 Å². The number of rotatable bonds is 5. The Morgan fingerprint density at radius 3 is 2.59 bits per heavy atom. The van der Waals surface area contributed by atoms with Crippen molar-refractivity contribution in [3.8, 4) is 0 Å². The van der Waals surface area contributed by atoms with Crippen molar-refractivity contribution in [1.29, 1.82) is 0 Å². The lowest BCUT2D eigenvalue weighted by molar-refractivity contribution is 0.0358. The van der Waals surface area contributed by atoms with Crippen LogP contribution < -0.4 is 4.90 Å². The fourth-order valence-corrected chi connectivity index (χ4v) is 4.02. The minimum Gasteiger partial charge on any atom is -0.454 e. The first-order valence-corrected chi connectivity index (χ1v) is 9.61. The molecule has 144 valence electrons. The predicted molar refractivity (Wildman–Crippen MR) is 111 cm³/mol. The number of carbonyl (C=O) groups excluding carboxylic acids is 1. The monoisotopic (exact) mass is 406 g/mol. The average Bonchev–Trinajstić information content (AvgIpc) is 2.99. The van der Waals surface area contributed by atoms with Gasteiger partial charge in [0.05, 0.1) is 5.56 Å². The van der Waals surface area contributed by atoms with Crippen LogP contribution in [0.2, 0.25) is 5.02 Å². The molecular weight excluding hydrogens is 383 g/mol. The zero-order valence-corrected chi connectivity index (χ0v) is 16.7. The molecule has 4 rings (SSSR count). The minimum atomic E-state index is -0.180. The molecule has 4 nitrogen and oxygen atoms in total. The summed E-state index contributed by atoms with van der Waals surface area (Å²) in [4.78, 5) is 16.8. The molecule has 2 aromatic carbocycles. The number of hydrogen-bond acceptors (Lipinski definition) is 4. The third-order valence-corrected chi connectivity index (χ3v) is 5.50. The highest BCUT2D eigenvalue weighted by molar-refractivity contribution is 6.30. The summed E-state index contributed by atoms with van der Waals surface area (Å²) in [6.45, 7) is 5.17. The Morgan fingerprint density at radius 1 is 1.04 bits per heavy atom. The Bertz CT molecular complexity index is 791. The van der Waals surface area contributed by atoms with Gasteiger partial charge in [-0.25, -0.2) is 4.79 Å². The van der Waals surface area contributed by atoms with E-state index in [1.54, 1.807) is 0 Å². The molecule has 2 aliphatic heterocycles. The van der Waals surface area contributed by atoms with Crippen LogP contribution in [0.15, 0.2) is 48.5 Å². The van der Waals surface area contributed by atoms with Gasteiger partial charge in [-0.05, 0) is 43.7 Å². The van der Waals surface area contributed by atoms with Gasteiger partial charge in [-0.2, -0.15) is 0 Å². The number of ether oxygens (including phenoxy) is 1. The number of halogens is 2. The summed E-state index contributed by atoms with van der Waals surface area (Å²) in [5.41, 5.74) is 2.97. The minimum absolute atomic E-state index is 0. The van der Waals surface area contributed by atoms with Gasteiger partial charge in [0.2, 0.25) is 0 Å². The highest BCUT2D eigenvalue weighted by Crippen LogP contribution is 2.33. The van der Waals surface area contributed by atoms with Crippen LogP contribution in [0, 0.1) is 0 Å². The molecule has 0 saturated carbocycles. The summed E-state index contributed by atoms with van der Waals surface area (Å²) in [7, 11) is 0. The van der Waals surface area contributed by atoms with Gasteiger partial charge in [0.15, 0.2) is 0 Å². The van der Waals surface area contributed by atoms with E-state index in [1.165, 1.54) is 5.69 Å². The first-order valence-electron chi connectivity index (χ1n) is 9.23. The van der Waals surface area contributed by atoms with Crippen LogP contribution in [-0.2, 0) is 4.74 Å². The smallest absolute Gasteiger partial charge is 0.339 e. The lowest BCUT2D eigenvalue weighted by atomic mass is 10.0. The lowest BCUT2D eigenvalue weighted by Crippen LogP contribution is -2.46. The molecule has 27 heavy (non-hydrogen) atoms.